The Morgan fingerprint density at radius 3 is 2.23 bits per heavy atom. The summed E-state index contributed by atoms with van der Waals surface area (Å²) in [5.74, 6) is -1.18. The van der Waals surface area contributed by atoms with Crippen LogP contribution in [0.2, 0.25) is 10.0 Å². The summed E-state index contributed by atoms with van der Waals surface area (Å²) in [4.78, 5) is 12.7. The molecule has 9 heteroatoms. The van der Waals surface area contributed by atoms with Crippen molar-refractivity contribution in [2.24, 2.45) is 0 Å². The van der Waals surface area contributed by atoms with Crippen LogP contribution < -0.4 is 5.32 Å². The molecule has 0 radical (unpaired) electrons. The van der Waals surface area contributed by atoms with E-state index in [2.05, 4.69) is 5.32 Å². The lowest BCUT2D eigenvalue weighted by Crippen LogP contribution is -2.37. The Kier molecular flexibility index (Phi) is 7.33. The number of hydrogen-bond donors (Lipinski definition) is 1. The van der Waals surface area contributed by atoms with E-state index in [-0.39, 0.29) is 17.0 Å². The number of rotatable bonds is 7. The number of carbonyl (C=O) groups excluding carboxylic acids is 1. The van der Waals surface area contributed by atoms with Gasteiger partial charge >= 0.3 is 0 Å². The quantitative estimate of drug-likeness (QED) is 0.500. The van der Waals surface area contributed by atoms with Crippen molar-refractivity contribution in [1.29, 1.82) is 0 Å². The predicted octanol–water partition coefficient (Wildman–Crippen LogP) is 5.27. The first-order valence-corrected chi connectivity index (χ1v) is 11.4. The zero-order chi connectivity index (χ0) is 22.6. The molecule has 0 heterocycles. The van der Waals surface area contributed by atoms with E-state index in [0.29, 0.717) is 15.7 Å². The second kappa shape index (κ2) is 9.78. The second-order valence-corrected chi connectivity index (χ2v) is 9.69. The first-order chi connectivity index (χ1) is 14.6. The van der Waals surface area contributed by atoms with Crippen molar-refractivity contribution < 1.29 is 17.6 Å². The molecule has 0 unspecified atom stereocenters. The summed E-state index contributed by atoms with van der Waals surface area (Å²) in [7, 11) is -4.08. The number of benzene rings is 3. The lowest BCUT2D eigenvalue weighted by atomic mass is 10.2. The maximum absolute atomic E-state index is 14.2. The molecule has 1 N–H and O–H groups in total. The smallest absolute Gasteiger partial charge is 0.243 e. The summed E-state index contributed by atoms with van der Waals surface area (Å²) in [6.07, 6.45) is 0. The minimum Gasteiger partial charge on any atom is -0.325 e. The van der Waals surface area contributed by atoms with E-state index in [9.17, 15) is 17.6 Å². The van der Waals surface area contributed by atoms with Crippen LogP contribution in [0.1, 0.15) is 11.1 Å². The summed E-state index contributed by atoms with van der Waals surface area (Å²) < 4.78 is 41.6. The van der Waals surface area contributed by atoms with Crippen molar-refractivity contribution in [3.8, 4) is 0 Å². The third kappa shape index (κ3) is 6.04. The van der Waals surface area contributed by atoms with Gasteiger partial charge in [-0.2, -0.15) is 4.31 Å². The minimum absolute atomic E-state index is 0.00744. The van der Waals surface area contributed by atoms with Gasteiger partial charge in [0.25, 0.3) is 0 Å². The highest BCUT2D eigenvalue weighted by molar-refractivity contribution is 7.89. The van der Waals surface area contributed by atoms with Crippen molar-refractivity contribution in [3.63, 3.8) is 0 Å². The second-order valence-electron chi connectivity index (χ2n) is 6.88. The highest BCUT2D eigenvalue weighted by atomic mass is 35.5. The van der Waals surface area contributed by atoms with E-state index in [1.807, 2.05) is 6.92 Å². The molecule has 1 amide bonds. The molecule has 5 nitrogen and oxygen atoms in total. The van der Waals surface area contributed by atoms with E-state index < -0.39 is 28.3 Å². The third-order valence-electron chi connectivity index (χ3n) is 4.43. The Hall–Kier alpha value is -2.45. The summed E-state index contributed by atoms with van der Waals surface area (Å²) in [6.45, 7) is 0.984. The molecule has 0 aliphatic carbocycles. The van der Waals surface area contributed by atoms with Gasteiger partial charge in [0, 0.05) is 27.8 Å². The van der Waals surface area contributed by atoms with Gasteiger partial charge in [-0.15, -0.1) is 0 Å². The molecular formula is C22H19Cl2FN2O3S. The number of aryl methyl sites for hydroxylation is 1. The maximum atomic E-state index is 14.2. The van der Waals surface area contributed by atoms with E-state index in [1.165, 1.54) is 48.5 Å². The van der Waals surface area contributed by atoms with Crippen LogP contribution in [0.3, 0.4) is 0 Å². The van der Waals surface area contributed by atoms with Gasteiger partial charge in [0.15, 0.2) is 0 Å². The molecular weight excluding hydrogens is 462 g/mol. The van der Waals surface area contributed by atoms with Crippen LogP contribution in [0.5, 0.6) is 0 Å². The Bertz CT molecular complexity index is 1180. The SMILES string of the molecule is Cc1ccc(S(=O)(=O)N(CC(=O)Nc2cc(Cl)cc(Cl)c2)Cc2ccccc2F)cc1. The van der Waals surface area contributed by atoms with E-state index in [0.717, 1.165) is 9.87 Å². The standard InChI is InChI=1S/C22H19Cl2FN2O3S/c1-15-6-8-20(9-7-15)31(29,30)27(13-16-4-2-3-5-21(16)25)14-22(28)26-19-11-17(23)10-18(24)12-19/h2-12H,13-14H2,1H3,(H,26,28). The highest BCUT2D eigenvalue weighted by Crippen LogP contribution is 2.24. The molecule has 0 spiro atoms. The van der Waals surface area contributed by atoms with Crippen LogP contribution in [-0.2, 0) is 21.4 Å². The van der Waals surface area contributed by atoms with E-state index >= 15 is 0 Å². The van der Waals surface area contributed by atoms with Gasteiger partial charge in [-0.1, -0.05) is 59.1 Å². The number of hydrogen-bond acceptors (Lipinski definition) is 3. The Labute approximate surface area is 190 Å². The number of nitrogens with zero attached hydrogens (tertiary/aromatic N) is 1. The van der Waals surface area contributed by atoms with E-state index in [1.54, 1.807) is 18.2 Å². The number of nitrogens with one attached hydrogen (secondary N) is 1. The molecule has 31 heavy (non-hydrogen) atoms. The van der Waals surface area contributed by atoms with Crippen LogP contribution in [0.25, 0.3) is 0 Å². The molecule has 0 aliphatic rings. The van der Waals surface area contributed by atoms with Gasteiger partial charge in [-0.25, -0.2) is 12.8 Å². The van der Waals surface area contributed by atoms with Gasteiger partial charge in [-0.05, 0) is 43.3 Å². The number of carbonyl (C=O) groups is 1. The molecule has 3 aromatic rings. The zero-order valence-corrected chi connectivity index (χ0v) is 18.8. The molecule has 3 aromatic carbocycles. The lowest BCUT2D eigenvalue weighted by Gasteiger charge is -2.22. The van der Waals surface area contributed by atoms with Gasteiger partial charge in [0.05, 0.1) is 11.4 Å². The molecule has 3 rings (SSSR count). The maximum Gasteiger partial charge on any atom is 0.243 e. The van der Waals surface area contributed by atoms with Gasteiger partial charge in [-0.3, -0.25) is 4.79 Å². The molecule has 162 valence electrons. The van der Waals surface area contributed by atoms with Gasteiger partial charge in [0.2, 0.25) is 15.9 Å². The molecule has 0 atom stereocenters. The monoisotopic (exact) mass is 480 g/mol. The van der Waals surface area contributed by atoms with Crippen LogP contribution in [0.4, 0.5) is 10.1 Å². The predicted molar refractivity (Wildman–Crippen MR) is 120 cm³/mol. The number of amides is 1. The Balaban J connectivity index is 1.90. The van der Waals surface area contributed by atoms with Crippen LogP contribution in [-0.4, -0.2) is 25.2 Å². The summed E-state index contributed by atoms with van der Waals surface area (Å²) in [5.41, 5.74) is 1.35. The fourth-order valence-electron chi connectivity index (χ4n) is 2.89. The largest absolute Gasteiger partial charge is 0.325 e. The topological polar surface area (TPSA) is 66.5 Å². The van der Waals surface area contributed by atoms with Crippen molar-refractivity contribution in [2.75, 3.05) is 11.9 Å². The summed E-state index contributed by atoms with van der Waals surface area (Å²) in [5, 5.41) is 3.22. The van der Waals surface area contributed by atoms with Crippen LogP contribution in [0.15, 0.2) is 71.6 Å². The molecule has 0 bridgehead atoms. The van der Waals surface area contributed by atoms with Gasteiger partial charge < -0.3 is 5.32 Å². The molecule has 0 fully saturated rings. The van der Waals surface area contributed by atoms with E-state index in [4.69, 9.17) is 23.2 Å². The minimum atomic E-state index is -4.08. The molecule has 0 saturated heterocycles. The fraction of sp³-hybridized carbons (Fsp3) is 0.136. The van der Waals surface area contributed by atoms with Crippen molar-refractivity contribution in [1.82, 2.24) is 4.31 Å². The third-order valence-corrected chi connectivity index (χ3v) is 6.67. The normalized spacial score (nSPS) is 11.5. The van der Waals surface area contributed by atoms with Crippen molar-refractivity contribution in [2.45, 2.75) is 18.4 Å². The van der Waals surface area contributed by atoms with Gasteiger partial charge in [0.1, 0.15) is 5.82 Å². The fourth-order valence-corrected chi connectivity index (χ4v) is 4.79. The number of halogens is 3. The molecule has 0 aliphatic heterocycles. The average Bonchev–Trinajstić information content (AvgIpc) is 2.68. The first-order valence-electron chi connectivity index (χ1n) is 9.21. The lowest BCUT2D eigenvalue weighted by molar-refractivity contribution is -0.116. The highest BCUT2D eigenvalue weighted by Gasteiger charge is 2.27. The summed E-state index contributed by atoms with van der Waals surface area (Å²) >= 11 is 11.9. The Morgan fingerprint density at radius 1 is 1.00 bits per heavy atom. The Morgan fingerprint density at radius 2 is 1.61 bits per heavy atom. The van der Waals surface area contributed by atoms with Crippen LogP contribution >= 0.6 is 23.2 Å². The van der Waals surface area contributed by atoms with Crippen molar-refractivity contribution in [3.05, 3.63) is 93.7 Å². The van der Waals surface area contributed by atoms with Crippen molar-refractivity contribution >= 4 is 44.8 Å². The van der Waals surface area contributed by atoms with Crippen LogP contribution in [0, 0.1) is 12.7 Å². The average molecular weight is 481 g/mol. The zero-order valence-electron chi connectivity index (χ0n) is 16.5. The first kappa shape index (κ1) is 23.2. The number of anilines is 1. The molecule has 0 aromatic heterocycles. The molecule has 0 saturated carbocycles. The number of sulfonamides is 1. The summed E-state index contributed by atoms with van der Waals surface area (Å²) in [6, 6.07) is 16.5.